The predicted molar refractivity (Wildman–Crippen MR) is 90.8 cm³/mol. The molecule has 0 spiro atoms. The summed E-state index contributed by atoms with van der Waals surface area (Å²) in [6, 6.07) is -1.50. The van der Waals surface area contributed by atoms with E-state index in [1.165, 1.54) is 0 Å². The molecule has 0 unspecified atom stereocenters. The molecule has 1 atom stereocenters. The second-order valence-corrected chi connectivity index (χ2v) is 7.98. The Kier molecular flexibility index (Phi) is 6.93. The van der Waals surface area contributed by atoms with Crippen molar-refractivity contribution in [2.75, 3.05) is 0 Å². The summed E-state index contributed by atoms with van der Waals surface area (Å²) in [5.41, 5.74) is -1.65. The molecule has 1 fully saturated rings. The van der Waals surface area contributed by atoms with Crippen LogP contribution in [0.15, 0.2) is 0 Å². The van der Waals surface area contributed by atoms with E-state index in [1.54, 1.807) is 41.5 Å². The smallest absolute Gasteiger partial charge is 0.408 e. The van der Waals surface area contributed by atoms with Crippen molar-refractivity contribution in [1.82, 2.24) is 10.4 Å². The van der Waals surface area contributed by atoms with Crippen molar-refractivity contribution in [2.45, 2.75) is 78.0 Å². The minimum atomic E-state index is -1.50. The Bertz CT molecular complexity index is 584. The summed E-state index contributed by atoms with van der Waals surface area (Å²) < 4.78 is 10.2. The van der Waals surface area contributed by atoms with Gasteiger partial charge < -0.3 is 19.6 Å². The number of amides is 3. The number of hydrogen-bond donors (Lipinski definition) is 1. The predicted octanol–water partition coefficient (Wildman–Crippen LogP) is 1.22. The maximum Gasteiger partial charge on any atom is 0.408 e. The maximum absolute atomic E-state index is 12.3. The molecule has 0 bridgehead atoms. The molecular formula is C17H26N2O8. The molecule has 10 heteroatoms. The van der Waals surface area contributed by atoms with Gasteiger partial charge in [0, 0.05) is 12.8 Å². The van der Waals surface area contributed by atoms with Crippen molar-refractivity contribution in [3.05, 3.63) is 0 Å². The molecule has 0 aliphatic carbocycles. The van der Waals surface area contributed by atoms with Crippen LogP contribution >= 0.6 is 0 Å². The van der Waals surface area contributed by atoms with Gasteiger partial charge in [-0.2, -0.15) is 0 Å². The van der Waals surface area contributed by atoms with Crippen LogP contribution < -0.4 is 5.32 Å². The van der Waals surface area contributed by atoms with E-state index in [4.69, 9.17) is 14.3 Å². The minimum absolute atomic E-state index is 0.0810. The zero-order chi connectivity index (χ0) is 21.0. The fourth-order valence-corrected chi connectivity index (χ4v) is 2.00. The standard InChI is InChI=1S/C17H26N2O8/c1-16(2,3)25-13(22)9-10(18-15(24)26-17(4,5)6)14(23)27-19-11(20)7-8-12(19)21/h10H,7-9H2,1-6H3,(H,18,24)/t10-/m1/s1. The van der Waals surface area contributed by atoms with Crippen LogP contribution in [0.2, 0.25) is 0 Å². The topological polar surface area (TPSA) is 128 Å². The lowest BCUT2D eigenvalue weighted by atomic mass is 10.1. The number of ether oxygens (including phenoxy) is 2. The monoisotopic (exact) mass is 386 g/mol. The fourth-order valence-electron chi connectivity index (χ4n) is 2.00. The SMILES string of the molecule is CC(C)(C)OC(=O)C[C@@H](NC(=O)OC(C)(C)C)C(=O)ON1C(=O)CCC1=O. The molecule has 0 aromatic heterocycles. The van der Waals surface area contributed by atoms with Gasteiger partial charge in [-0.25, -0.2) is 9.59 Å². The molecule has 0 saturated carbocycles. The maximum atomic E-state index is 12.3. The Morgan fingerprint density at radius 2 is 1.44 bits per heavy atom. The molecule has 1 rings (SSSR count). The third-order valence-corrected chi connectivity index (χ3v) is 2.95. The normalized spacial score (nSPS) is 16.0. The van der Waals surface area contributed by atoms with Crippen LogP contribution in [-0.4, -0.2) is 52.2 Å². The number of hydroxylamine groups is 2. The van der Waals surface area contributed by atoms with Crippen molar-refractivity contribution in [3.8, 4) is 0 Å². The number of alkyl carbamates (subject to hydrolysis) is 1. The van der Waals surface area contributed by atoms with Crippen LogP contribution in [0.4, 0.5) is 4.79 Å². The lowest BCUT2D eigenvalue weighted by Gasteiger charge is -2.24. The molecule has 0 aromatic carbocycles. The zero-order valence-corrected chi connectivity index (χ0v) is 16.4. The molecule has 1 saturated heterocycles. The van der Waals surface area contributed by atoms with Crippen molar-refractivity contribution in [3.63, 3.8) is 0 Å². The molecule has 1 aliphatic heterocycles. The summed E-state index contributed by atoms with van der Waals surface area (Å²) in [5.74, 6) is -3.29. The number of carbonyl (C=O) groups is 5. The largest absolute Gasteiger partial charge is 0.460 e. The van der Waals surface area contributed by atoms with Crippen LogP contribution in [0.1, 0.15) is 60.8 Å². The first-order valence-electron chi connectivity index (χ1n) is 8.47. The number of nitrogens with one attached hydrogen (secondary N) is 1. The molecule has 27 heavy (non-hydrogen) atoms. The van der Waals surface area contributed by atoms with Crippen LogP contribution in [0, 0.1) is 0 Å². The van der Waals surface area contributed by atoms with Crippen LogP contribution in [0.5, 0.6) is 0 Å². The van der Waals surface area contributed by atoms with Crippen LogP contribution in [0.25, 0.3) is 0 Å². The first-order chi connectivity index (χ1) is 12.2. The van der Waals surface area contributed by atoms with E-state index in [1.807, 2.05) is 0 Å². The van der Waals surface area contributed by atoms with Gasteiger partial charge in [-0.15, -0.1) is 5.06 Å². The summed E-state index contributed by atoms with van der Waals surface area (Å²) in [5, 5.41) is 2.54. The van der Waals surface area contributed by atoms with E-state index in [9.17, 15) is 24.0 Å². The third-order valence-electron chi connectivity index (χ3n) is 2.95. The van der Waals surface area contributed by atoms with Gasteiger partial charge in [0.15, 0.2) is 0 Å². The van der Waals surface area contributed by atoms with E-state index in [0.29, 0.717) is 5.06 Å². The quantitative estimate of drug-likeness (QED) is 0.552. The van der Waals surface area contributed by atoms with E-state index in [2.05, 4.69) is 5.32 Å². The van der Waals surface area contributed by atoms with Crippen molar-refractivity contribution < 1.29 is 38.3 Å². The van der Waals surface area contributed by atoms with Crippen molar-refractivity contribution in [2.24, 2.45) is 0 Å². The van der Waals surface area contributed by atoms with Gasteiger partial charge in [0.25, 0.3) is 11.8 Å². The van der Waals surface area contributed by atoms with Gasteiger partial charge in [0.1, 0.15) is 17.2 Å². The number of rotatable bonds is 5. The Morgan fingerprint density at radius 3 is 1.89 bits per heavy atom. The minimum Gasteiger partial charge on any atom is -0.460 e. The van der Waals surface area contributed by atoms with Gasteiger partial charge in [-0.05, 0) is 41.5 Å². The van der Waals surface area contributed by atoms with Crippen molar-refractivity contribution in [1.29, 1.82) is 0 Å². The average molecular weight is 386 g/mol. The zero-order valence-electron chi connectivity index (χ0n) is 16.4. The summed E-state index contributed by atoms with van der Waals surface area (Å²) in [7, 11) is 0. The van der Waals surface area contributed by atoms with Gasteiger partial charge in [0.2, 0.25) is 0 Å². The highest BCUT2D eigenvalue weighted by Crippen LogP contribution is 2.15. The number of esters is 1. The number of imide groups is 1. The summed E-state index contributed by atoms with van der Waals surface area (Å²) in [4.78, 5) is 64.3. The van der Waals surface area contributed by atoms with Gasteiger partial charge in [-0.1, -0.05) is 0 Å². The second-order valence-electron chi connectivity index (χ2n) is 7.98. The first-order valence-corrected chi connectivity index (χ1v) is 8.47. The van der Waals surface area contributed by atoms with E-state index >= 15 is 0 Å². The van der Waals surface area contributed by atoms with E-state index < -0.39 is 53.5 Å². The molecule has 0 radical (unpaired) electrons. The Morgan fingerprint density at radius 1 is 0.963 bits per heavy atom. The average Bonchev–Trinajstić information content (AvgIpc) is 2.74. The molecular weight excluding hydrogens is 360 g/mol. The van der Waals surface area contributed by atoms with E-state index in [-0.39, 0.29) is 12.8 Å². The molecule has 0 aromatic rings. The van der Waals surface area contributed by atoms with Crippen LogP contribution in [0.3, 0.4) is 0 Å². The molecule has 1 aliphatic rings. The fraction of sp³-hybridized carbons (Fsp3) is 0.706. The number of carbonyl (C=O) groups excluding carboxylic acids is 5. The van der Waals surface area contributed by atoms with Crippen molar-refractivity contribution >= 4 is 29.8 Å². The lowest BCUT2D eigenvalue weighted by molar-refractivity contribution is -0.199. The Labute approximate surface area is 157 Å². The van der Waals surface area contributed by atoms with Gasteiger partial charge in [0.05, 0.1) is 6.42 Å². The lowest BCUT2D eigenvalue weighted by Crippen LogP contribution is -2.48. The van der Waals surface area contributed by atoms with E-state index in [0.717, 1.165) is 0 Å². The molecule has 1 N–H and O–H groups in total. The Balaban J connectivity index is 2.86. The summed E-state index contributed by atoms with van der Waals surface area (Å²) >= 11 is 0. The highest BCUT2D eigenvalue weighted by molar-refractivity contribution is 6.02. The highest BCUT2D eigenvalue weighted by Gasteiger charge is 2.37. The van der Waals surface area contributed by atoms with Gasteiger partial charge in [-0.3, -0.25) is 14.4 Å². The Hall–Kier alpha value is -2.65. The first kappa shape index (κ1) is 22.4. The highest BCUT2D eigenvalue weighted by atomic mass is 16.7. The molecule has 1 heterocycles. The second kappa shape index (κ2) is 8.36. The third kappa shape index (κ3) is 8.06. The molecule has 152 valence electrons. The number of hydrogen-bond acceptors (Lipinski definition) is 8. The molecule has 3 amide bonds. The molecule has 10 nitrogen and oxygen atoms in total. The number of nitrogens with zero attached hydrogens (tertiary/aromatic N) is 1. The summed E-state index contributed by atoms with van der Waals surface area (Å²) in [6.45, 7) is 9.78. The van der Waals surface area contributed by atoms with Gasteiger partial charge >= 0.3 is 18.0 Å². The van der Waals surface area contributed by atoms with Crippen LogP contribution in [-0.2, 0) is 33.5 Å². The summed E-state index contributed by atoms with van der Waals surface area (Å²) in [6.07, 6.45) is -1.69.